The van der Waals surface area contributed by atoms with Gasteiger partial charge in [-0.25, -0.2) is 4.99 Å². The summed E-state index contributed by atoms with van der Waals surface area (Å²) < 4.78 is 0. The van der Waals surface area contributed by atoms with Gasteiger partial charge in [-0.15, -0.1) is 0 Å². The molecular weight excluding hydrogens is 324 g/mol. The molecule has 0 fully saturated rings. The van der Waals surface area contributed by atoms with Crippen LogP contribution >= 0.6 is 0 Å². The Kier molecular flexibility index (Phi) is 5.09. The molecule has 26 heavy (non-hydrogen) atoms. The molecule has 3 aliphatic rings. The summed E-state index contributed by atoms with van der Waals surface area (Å²) in [5, 5.41) is 10.6. The number of nitrogens with zero attached hydrogens (tertiary/aromatic N) is 1. The Hall–Kier alpha value is -2.10. The van der Waals surface area contributed by atoms with Crippen LogP contribution in [0.4, 0.5) is 0 Å². The van der Waals surface area contributed by atoms with Crippen LogP contribution in [0.1, 0.15) is 98.7 Å². The van der Waals surface area contributed by atoms with Crippen LogP contribution in [0.25, 0.3) is 5.57 Å². The van der Waals surface area contributed by atoms with Crippen LogP contribution in [-0.4, -0.2) is 21.7 Å². The Morgan fingerprint density at radius 3 is 2.23 bits per heavy atom. The largest absolute Gasteiger partial charge is 0.494 e. The number of aromatic nitrogens is 1. The third-order valence-corrected chi connectivity index (χ3v) is 5.85. The van der Waals surface area contributed by atoms with Crippen molar-refractivity contribution in [3.05, 3.63) is 34.5 Å². The topological polar surface area (TPSA) is 65.4 Å². The smallest absolute Gasteiger partial charge is 0.280 e. The van der Waals surface area contributed by atoms with Gasteiger partial charge in [0.15, 0.2) is 5.88 Å². The van der Waals surface area contributed by atoms with E-state index in [0.717, 1.165) is 55.4 Å². The number of H-pyrrole nitrogens is 1. The zero-order valence-corrected chi connectivity index (χ0v) is 15.4. The van der Waals surface area contributed by atoms with Gasteiger partial charge in [0.2, 0.25) is 0 Å². The maximum atomic E-state index is 12.7. The number of rotatable bonds is 2. The van der Waals surface area contributed by atoms with E-state index < -0.39 is 0 Å². The average Bonchev–Trinajstić information content (AvgIpc) is 3.06. The fourth-order valence-corrected chi connectivity index (χ4v) is 4.44. The minimum atomic E-state index is -0.201. The number of hydrogen-bond donors (Lipinski definition) is 2. The van der Waals surface area contributed by atoms with Gasteiger partial charge in [-0.1, -0.05) is 37.8 Å². The summed E-state index contributed by atoms with van der Waals surface area (Å²) in [7, 11) is 0. The summed E-state index contributed by atoms with van der Waals surface area (Å²) in [5.41, 5.74) is 5.03. The number of aromatic amines is 1. The molecular formula is C22H28N2O2. The minimum absolute atomic E-state index is 0.102. The molecule has 4 heteroatoms. The number of amides is 1. The number of allylic oxidation sites excluding steroid dienone is 4. The number of hydrogen-bond acceptors (Lipinski definition) is 2. The lowest BCUT2D eigenvalue weighted by Crippen LogP contribution is -2.03. The quantitative estimate of drug-likeness (QED) is 0.719. The molecule has 0 aromatic carbocycles. The molecule has 0 unspecified atom stereocenters. The van der Waals surface area contributed by atoms with E-state index in [1.54, 1.807) is 0 Å². The molecule has 2 N–H and O–H groups in total. The molecule has 0 atom stereocenters. The van der Waals surface area contributed by atoms with Crippen LogP contribution < -0.4 is 0 Å². The second kappa shape index (κ2) is 7.65. The van der Waals surface area contributed by atoms with Crippen molar-refractivity contribution >= 4 is 17.2 Å². The molecule has 1 aliphatic heterocycles. The molecule has 4 nitrogen and oxygen atoms in total. The summed E-state index contributed by atoms with van der Waals surface area (Å²) in [6.45, 7) is 0. The van der Waals surface area contributed by atoms with Crippen molar-refractivity contribution in [3.63, 3.8) is 0 Å². The Morgan fingerprint density at radius 2 is 1.42 bits per heavy atom. The lowest BCUT2D eigenvalue weighted by molar-refractivity contribution is 0.101. The number of aromatic hydroxyl groups is 1. The molecule has 0 spiro atoms. The van der Waals surface area contributed by atoms with Gasteiger partial charge in [-0.3, -0.25) is 4.79 Å². The van der Waals surface area contributed by atoms with E-state index >= 15 is 0 Å². The minimum Gasteiger partial charge on any atom is -0.494 e. The zero-order valence-electron chi connectivity index (χ0n) is 15.4. The van der Waals surface area contributed by atoms with E-state index in [1.165, 1.54) is 38.5 Å². The first-order chi connectivity index (χ1) is 12.8. The lowest BCUT2D eigenvalue weighted by atomic mass is 9.95. The summed E-state index contributed by atoms with van der Waals surface area (Å²) in [6, 6.07) is 0. The Balaban J connectivity index is 1.71. The molecule has 0 bridgehead atoms. The first-order valence-electron chi connectivity index (χ1n) is 10.2. The summed E-state index contributed by atoms with van der Waals surface area (Å²) in [5.74, 6) is -0.0991. The zero-order chi connectivity index (χ0) is 17.9. The van der Waals surface area contributed by atoms with Gasteiger partial charge in [-0.2, -0.15) is 0 Å². The molecule has 1 amide bonds. The third-order valence-electron chi connectivity index (χ3n) is 5.85. The molecule has 0 saturated heterocycles. The van der Waals surface area contributed by atoms with Crippen LogP contribution in [0.15, 0.2) is 22.7 Å². The van der Waals surface area contributed by atoms with E-state index in [2.05, 4.69) is 22.1 Å². The van der Waals surface area contributed by atoms with Gasteiger partial charge < -0.3 is 10.1 Å². The van der Waals surface area contributed by atoms with Crippen LogP contribution in [0.5, 0.6) is 5.88 Å². The number of carbonyl (C=O) groups is 1. The molecule has 1 aromatic heterocycles. The van der Waals surface area contributed by atoms with Gasteiger partial charge in [-0.05, 0) is 62.5 Å². The molecule has 138 valence electrons. The predicted octanol–water partition coefficient (Wildman–Crippen LogP) is 5.68. The summed E-state index contributed by atoms with van der Waals surface area (Å²) in [6.07, 6.45) is 18.1. The van der Waals surface area contributed by atoms with Gasteiger partial charge >= 0.3 is 0 Å². The van der Waals surface area contributed by atoms with Crippen molar-refractivity contribution in [2.75, 3.05) is 0 Å². The average molecular weight is 352 g/mol. The van der Waals surface area contributed by atoms with Gasteiger partial charge in [0.1, 0.15) is 0 Å². The van der Waals surface area contributed by atoms with Crippen LogP contribution in [0.3, 0.4) is 0 Å². The lowest BCUT2D eigenvalue weighted by Gasteiger charge is -2.07. The Morgan fingerprint density at radius 1 is 0.808 bits per heavy atom. The highest BCUT2D eigenvalue weighted by atomic mass is 16.3. The fraction of sp³-hybridized carbons (Fsp3) is 0.545. The SMILES string of the molecule is O=C1N=C(/C2=C/CCCCCCC2)c2c(O)[nH]c(C3=CCCCCC3)c21. The third kappa shape index (κ3) is 3.29. The van der Waals surface area contributed by atoms with Crippen LogP contribution in [0.2, 0.25) is 0 Å². The first kappa shape index (κ1) is 17.3. The molecule has 0 radical (unpaired) electrons. The van der Waals surface area contributed by atoms with Crippen LogP contribution in [0, 0.1) is 0 Å². The highest BCUT2D eigenvalue weighted by Crippen LogP contribution is 2.39. The summed E-state index contributed by atoms with van der Waals surface area (Å²) in [4.78, 5) is 20.2. The van der Waals surface area contributed by atoms with Gasteiger partial charge in [0, 0.05) is 0 Å². The number of nitrogens with one attached hydrogen (secondary N) is 1. The number of fused-ring (bicyclic) bond motifs is 1. The molecule has 4 rings (SSSR count). The maximum Gasteiger partial charge on any atom is 0.280 e. The van der Waals surface area contributed by atoms with Crippen molar-refractivity contribution in [2.45, 2.75) is 77.0 Å². The van der Waals surface area contributed by atoms with Crippen LogP contribution in [-0.2, 0) is 0 Å². The van der Waals surface area contributed by atoms with Crippen molar-refractivity contribution in [3.8, 4) is 5.88 Å². The van der Waals surface area contributed by atoms with Gasteiger partial charge in [0.25, 0.3) is 5.91 Å². The van der Waals surface area contributed by atoms with Crippen molar-refractivity contribution < 1.29 is 9.90 Å². The predicted molar refractivity (Wildman–Crippen MR) is 105 cm³/mol. The van der Waals surface area contributed by atoms with E-state index in [0.29, 0.717) is 16.8 Å². The highest BCUT2D eigenvalue weighted by Gasteiger charge is 2.34. The van der Waals surface area contributed by atoms with Crippen molar-refractivity contribution in [2.24, 2.45) is 4.99 Å². The standard InChI is InChI=1S/C22H28N2O2/c25-21-17-18(20(24-21)16-13-9-5-6-10-14-16)22(26)23-19(17)15-11-7-3-1-2-4-8-12-15/h11,13,24-25H,1-10,12,14H2/b15-11+. The number of aliphatic imine (C=N–C) groups is 1. The highest BCUT2D eigenvalue weighted by molar-refractivity contribution is 6.29. The van der Waals surface area contributed by atoms with E-state index in [-0.39, 0.29) is 11.8 Å². The molecule has 2 heterocycles. The van der Waals surface area contributed by atoms with Gasteiger partial charge in [0.05, 0.1) is 22.5 Å². The van der Waals surface area contributed by atoms with E-state index in [4.69, 9.17) is 0 Å². The normalized spacial score (nSPS) is 23.7. The van der Waals surface area contributed by atoms with E-state index in [9.17, 15) is 9.90 Å². The molecule has 0 saturated carbocycles. The molecule has 1 aromatic rings. The van der Waals surface area contributed by atoms with E-state index in [1.807, 2.05) is 0 Å². The number of carbonyl (C=O) groups excluding carboxylic acids is 1. The second-order valence-electron chi connectivity index (χ2n) is 7.73. The Labute approximate surface area is 155 Å². The monoisotopic (exact) mass is 352 g/mol. The summed E-state index contributed by atoms with van der Waals surface area (Å²) >= 11 is 0. The fourth-order valence-electron chi connectivity index (χ4n) is 4.44. The van der Waals surface area contributed by atoms with Crippen molar-refractivity contribution in [1.29, 1.82) is 0 Å². The first-order valence-corrected chi connectivity index (χ1v) is 10.2. The Bertz CT molecular complexity index is 795. The maximum absolute atomic E-state index is 12.7. The van der Waals surface area contributed by atoms with Crippen molar-refractivity contribution in [1.82, 2.24) is 4.98 Å². The second-order valence-corrected chi connectivity index (χ2v) is 7.73. The molecule has 2 aliphatic carbocycles.